The van der Waals surface area contributed by atoms with Crippen LogP contribution < -0.4 is 5.32 Å². The molecule has 4 heteroatoms. The van der Waals surface area contributed by atoms with Crippen molar-refractivity contribution in [1.82, 2.24) is 10.2 Å². The van der Waals surface area contributed by atoms with Gasteiger partial charge in [-0.2, -0.15) is 0 Å². The van der Waals surface area contributed by atoms with Gasteiger partial charge in [-0.05, 0) is 12.8 Å². The molecule has 1 saturated carbocycles. The summed E-state index contributed by atoms with van der Waals surface area (Å²) < 4.78 is 0. The van der Waals surface area contributed by atoms with Crippen LogP contribution in [0.3, 0.4) is 0 Å². The Morgan fingerprint density at radius 3 is 2.00 bits per heavy atom. The first-order valence-electron chi connectivity index (χ1n) is 3.91. The molecule has 0 aromatic heterocycles. The van der Waals surface area contributed by atoms with Gasteiger partial charge in [-0.3, -0.25) is 4.90 Å². The number of hydrogen-bond acceptors (Lipinski definition) is 2. The molecule has 1 N–H and O–H groups in total. The van der Waals surface area contributed by atoms with Crippen molar-refractivity contribution >= 4 is 34.0 Å². The monoisotopic (exact) mass is 286 g/mol. The van der Waals surface area contributed by atoms with E-state index in [-0.39, 0.29) is 34.0 Å². The second-order valence-corrected chi connectivity index (χ2v) is 3.02. The van der Waals surface area contributed by atoms with Crippen molar-refractivity contribution in [2.75, 3.05) is 26.2 Å². The van der Waals surface area contributed by atoms with E-state index in [0.717, 1.165) is 6.04 Å². The van der Waals surface area contributed by atoms with Crippen molar-refractivity contribution < 1.29 is 0 Å². The number of piperazine rings is 1. The van der Waals surface area contributed by atoms with Gasteiger partial charge in [0.05, 0.1) is 0 Å². The summed E-state index contributed by atoms with van der Waals surface area (Å²) in [5.74, 6) is 0. The molecule has 0 unspecified atom stereocenters. The van der Waals surface area contributed by atoms with Crippen molar-refractivity contribution in [3.8, 4) is 0 Å². The summed E-state index contributed by atoms with van der Waals surface area (Å²) >= 11 is 0. The lowest BCUT2D eigenvalue weighted by Gasteiger charge is -2.26. The Morgan fingerprint density at radius 1 is 1.00 bits per heavy atom. The molecule has 0 amide bonds. The van der Waals surface area contributed by atoms with Crippen LogP contribution in [-0.2, 0) is 0 Å². The third kappa shape index (κ3) is 3.40. The summed E-state index contributed by atoms with van der Waals surface area (Å²) in [7, 11) is 0. The van der Waals surface area contributed by atoms with Gasteiger partial charge in [-0.15, -0.1) is 34.0 Å². The van der Waals surface area contributed by atoms with E-state index >= 15 is 0 Å². The fraction of sp³-hybridized carbons (Fsp3) is 1.00. The zero-order valence-electron chi connectivity index (χ0n) is 6.58. The lowest BCUT2D eigenvalue weighted by atomic mass is 10.3. The maximum absolute atomic E-state index is 3.36. The first kappa shape index (κ1) is 11.9. The SMILES string of the molecule is Br.Br.C1CN(C2CC2)CCN1. The van der Waals surface area contributed by atoms with E-state index in [1.807, 2.05) is 0 Å². The maximum atomic E-state index is 3.36. The highest BCUT2D eigenvalue weighted by Gasteiger charge is 2.28. The van der Waals surface area contributed by atoms with Gasteiger partial charge in [0.15, 0.2) is 0 Å². The van der Waals surface area contributed by atoms with Crippen molar-refractivity contribution in [1.29, 1.82) is 0 Å². The van der Waals surface area contributed by atoms with E-state index < -0.39 is 0 Å². The molecule has 2 fully saturated rings. The summed E-state index contributed by atoms with van der Waals surface area (Å²) in [5.41, 5.74) is 0. The maximum Gasteiger partial charge on any atom is 0.0110 e. The number of nitrogens with one attached hydrogen (secondary N) is 1. The zero-order chi connectivity index (χ0) is 6.10. The van der Waals surface area contributed by atoms with E-state index in [0.29, 0.717) is 0 Å². The summed E-state index contributed by atoms with van der Waals surface area (Å²) in [4.78, 5) is 2.61. The van der Waals surface area contributed by atoms with Crippen LogP contribution >= 0.6 is 34.0 Å². The molecule has 0 bridgehead atoms. The van der Waals surface area contributed by atoms with Crippen LogP contribution in [0.1, 0.15) is 12.8 Å². The predicted octanol–water partition coefficient (Wildman–Crippen LogP) is 1.21. The van der Waals surface area contributed by atoms with Gasteiger partial charge >= 0.3 is 0 Å². The second-order valence-electron chi connectivity index (χ2n) is 3.02. The van der Waals surface area contributed by atoms with Gasteiger partial charge in [0.25, 0.3) is 0 Å². The normalized spacial score (nSPS) is 25.1. The average molecular weight is 288 g/mol. The largest absolute Gasteiger partial charge is 0.314 e. The molecule has 0 radical (unpaired) electrons. The molecule has 2 aliphatic rings. The summed E-state index contributed by atoms with van der Waals surface area (Å²) in [5, 5.41) is 3.36. The van der Waals surface area contributed by atoms with Crippen molar-refractivity contribution in [3.63, 3.8) is 0 Å². The Morgan fingerprint density at radius 2 is 1.55 bits per heavy atom. The smallest absolute Gasteiger partial charge is 0.0110 e. The van der Waals surface area contributed by atoms with Crippen molar-refractivity contribution in [3.05, 3.63) is 0 Å². The van der Waals surface area contributed by atoms with Gasteiger partial charge in [0.2, 0.25) is 0 Å². The third-order valence-electron chi connectivity index (χ3n) is 2.21. The highest BCUT2D eigenvalue weighted by atomic mass is 79.9. The van der Waals surface area contributed by atoms with E-state index in [2.05, 4.69) is 10.2 Å². The molecule has 68 valence electrons. The van der Waals surface area contributed by atoms with Crippen LogP contribution in [0.5, 0.6) is 0 Å². The van der Waals surface area contributed by atoms with Crippen LogP contribution in [0.4, 0.5) is 0 Å². The molecular weight excluding hydrogens is 272 g/mol. The zero-order valence-corrected chi connectivity index (χ0v) is 10.0. The molecule has 1 aliphatic carbocycles. The lowest BCUT2D eigenvalue weighted by molar-refractivity contribution is 0.231. The molecule has 11 heavy (non-hydrogen) atoms. The summed E-state index contributed by atoms with van der Waals surface area (Å²) in [6.45, 7) is 4.97. The predicted molar refractivity (Wildman–Crippen MR) is 58.1 cm³/mol. The van der Waals surface area contributed by atoms with Crippen LogP contribution in [-0.4, -0.2) is 37.1 Å². The molecule has 1 heterocycles. The Hall–Kier alpha value is 0.880. The molecule has 0 spiro atoms. The van der Waals surface area contributed by atoms with Gasteiger partial charge < -0.3 is 5.32 Å². The van der Waals surface area contributed by atoms with Gasteiger partial charge in [0, 0.05) is 32.2 Å². The van der Waals surface area contributed by atoms with Crippen LogP contribution in [0, 0.1) is 0 Å². The van der Waals surface area contributed by atoms with E-state index in [1.165, 1.54) is 39.0 Å². The Balaban J connectivity index is 0.000000500. The van der Waals surface area contributed by atoms with Gasteiger partial charge in [-0.25, -0.2) is 0 Å². The quantitative estimate of drug-likeness (QED) is 0.780. The fourth-order valence-electron chi connectivity index (χ4n) is 1.49. The summed E-state index contributed by atoms with van der Waals surface area (Å²) in [6.07, 6.45) is 2.92. The highest BCUT2D eigenvalue weighted by molar-refractivity contribution is 8.93. The first-order valence-corrected chi connectivity index (χ1v) is 3.91. The van der Waals surface area contributed by atoms with Gasteiger partial charge in [-0.1, -0.05) is 0 Å². The Labute approximate surface area is 89.3 Å². The molecule has 1 saturated heterocycles. The second kappa shape index (κ2) is 5.51. The number of halogens is 2. The standard InChI is InChI=1S/C7H14N2.2BrH/c1-2-7(1)9-5-3-8-4-6-9;;/h7-8H,1-6H2;2*1H. The van der Waals surface area contributed by atoms with Crippen LogP contribution in [0.2, 0.25) is 0 Å². The summed E-state index contributed by atoms with van der Waals surface area (Å²) in [6, 6.07) is 0.979. The number of nitrogens with zero attached hydrogens (tertiary/aromatic N) is 1. The molecule has 0 atom stereocenters. The minimum Gasteiger partial charge on any atom is -0.314 e. The third-order valence-corrected chi connectivity index (χ3v) is 2.21. The fourth-order valence-corrected chi connectivity index (χ4v) is 1.49. The minimum absolute atomic E-state index is 0. The van der Waals surface area contributed by atoms with E-state index in [1.54, 1.807) is 0 Å². The Kier molecular flexibility index (Phi) is 5.95. The first-order chi connectivity index (χ1) is 4.47. The Bertz CT molecular complexity index is 101. The van der Waals surface area contributed by atoms with Crippen LogP contribution in [0.25, 0.3) is 0 Å². The van der Waals surface area contributed by atoms with E-state index in [9.17, 15) is 0 Å². The highest BCUT2D eigenvalue weighted by Crippen LogP contribution is 2.26. The van der Waals surface area contributed by atoms with Crippen molar-refractivity contribution in [2.45, 2.75) is 18.9 Å². The molecule has 2 nitrogen and oxygen atoms in total. The molecule has 1 aliphatic heterocycles. The lowest BCUT2D eigenvalue weighted by Crippen LogP contribution is -2.44. The van der Waals surface area contributed by atoms with E-state index in [4.69, 9.17) is 0 Å². The number of hydrogen-bond donors (Lipinski definition) is 1. The van der Waals surface area contributed by atoms with Crippen LogP contribution in [0.15, 0.2) is 0 Å². The van der Waals surface area contributed by atoms with Gasteiger partial charge in [0.1, 0.15) is 0 Å². The molecular formula is C7H16Br2N2. The molecule has 2 rings (SSSR count). The molecule has 0 aromatic rings. The van der Waals surface area contributed by atoms with Crippen molar-refractivity contribution in [2.24, 2.45) is 0 Å². The average Bonchev–Trinajstić information content (AvgIpc) is 2.71. The molecule has 0 aromatic carbocycles. The number of rotatable bonds is 1. The topological polar surface area (TPSA) is 15.3 Å². The minimum atomic E-state index is 0.